The van der Waals surface area contributed by atoms with Crippen molar-refractivity contribution in [3.8, 4) is 17.5 Å². The number of anilines is 1. The average molecular weight is 1010 g/mol. The molecule has 0 amide bonds. The van der Waals surface area contributed by atoms with Gasteiger partial charge in [0.25, 0.3) is 10.1 Å². The van der Waals surface area contributed by atoms with Gasteiger partial charge in [-0.25, -0.2) is 4.79 Å². The quantitative estimate of drug-likeness (QED) is 0.0309. The average Bonchev–Trinajstić information content (AvgIpc) is 3.77. The molecular weight excluding hydrogens is 943 g/mol. The number of fused-ring (bicyclic) bond motifs is 3. The molecule has 0 radical (unpaired) electrons. The van der Waals surface area contributed by atoms with E-state index in [-0.39, 0.29) is 28.6 Å². The minimum absolute atomic E-state index is 0.0642. The molecule has 0 unspecified atom stereocenters. The zero-order chi connectivity index (χ0) is 51.5. The van der Waals surface area contributed by atoms with Gasteiger partial charge in [0.05, 0.1) is 75.3 Å². The number of hydrogen-bond acceptors (Lipinski definition) is 13. The van der Waals surface area contributed by atoms with Crippen LogP contribution < -0.4 is 14.5 Å². The maximum absolute atomic E-state index is 12.5. The molecule has 4 aromatic rings. The highest BCUT2D eigenvalue weighted by atomic mass is 32.2. The third kappa shape index (κ3) is 13.1. The molecule has 1 aromatic heterocycles. The Labute approximate surface area is 422 Å². The number of nitrogens with zero attached hydrogens (tertiary/aromatic N) is 3. The fraction of sp³-hybridized carbons (Fsp3) is 0.418. The van der Waals surface area contributed by atoms with Crippen LogP contribution in [0, 0.1) is 0 Å². The van der Waals surface area contributed by atoms with Crippen molar-refractivity contribution in [3.63, 3.8) is 0 Å². The molecule has 3 aliphatic rings. The Kier molecular flexibility index (Phi) is 18.0. The van der Waals surface area contributed by atoms with E-state index in [1.807, 2.05) is 56.3 Å². The number of aromatic nitrogens is 1. The first-order valence-corrected chi connectivity index (χ1v) is 25.8. The van der Waals surface area contributed by atoms with E-state index < -0.39 is 21.5 Å². The molecule has 386 valence electrons. The number of benzene rings is 3. The van der Waals surface area contributed by atoms with Gasteiger partial charge in [-0.3, -0.25) is 4.55 Å². The first kappa shape index (κ1) is 53.7. The van der Waals surface area contributed by atoms with Crippen LogP contribution in [0.1, 0.15) is 82.6 Å². The van der Waals surface area contributed by atoms with Crippen molar-refractivity contribution < 1.29 is 65.8 Å². The molecule has 7 rings (SSSR count). The first-order valence-electron chi connectivity index (χ1n) is 24.4. The molecule has 17 heteroatoms. The van der Waals surface area contributed by atoms with Gasteiger partial charge >= 0.3 is 5.97 Å². The number of allylic oxidation sites excluding steroid dienone is 6. The van der Waals surface area contributed by atoms with E-state index in [1.54, 1.807) is 13.2 Å². The summed E-state index contributed by atoms with van der Waals surface area (Å²) >= 11 is 0. The number of carbonyl (C=O) groups excluding carboxylic acids is 1. The standard InChI is InChI=1S/C55H67N3O13S/c1-39-38-54(2,3)57(24-25-66-28-29-68-32-33-69-31-30-67-27-26-65-6)47-37-49-44(36-43(39)47)41(34-48(70-49)40-14-9-7-10-15-40)16-13-17-50-55(4,5)45-35-42(72(62,63)64)19-20-46(45)56(50)23-12-8-11-18-53(61)71-58-51(59)21-22-52(58)60/h7,9-10,13-17,19-22,34-38H,8,11-12,18,23-33H2,1-6H3,(H2-,59,60,62,63,64)/p+1. The predicted molar refractivity (Wildman–Crippen MR) is 276 cm³/mol. The SMILES string of the molecule is COCCOCCOCCOCCOCCN1c2cc3c(cc2C(C)=CC1(C)C)C(=CC=CC1=[N+](CCCCCC(=O)On2c(O)ccc2O)c2ccc(S(=O)(=O)O)cc2C1(C)C)C=C(c1ccccc1)O3. The number of ether oxygens (including phenoxy) is 6. The largest absolute Gasteiger partial charge is 0.492 e. The summed E-state index contributed by atoms with van der Waals surface area (Å²) in [6.07, 6.45) is 12.4. The van der Waals surface area contributed by atoms with E-state index >= 15 is 0 Å². The summed E-state index contributed by atoms with van der Waals surface area (Å²) in [4.78, 5) is 19.8. The fourth-order valence-corrected chi connectivity index (χ4v) is 9.80. The highest BCUT2D eigenvalue weighted by molar-refractivity contribution is 7.85. The highest BCUT2D eigenvalue weighted by Crippen LogP contribution is 2.47. The lowest BCUT2D eigenvalue weighted by atomic mass is 9.81. The second-order valence-electron chi connectivity index (χ2n) is 18.8. The molecule has 4 heterocycles. The van der Waals surface area contributed by atoms with Crippen molar-refractivity contribution in [2.75, 3.05) is 84.6 Å². The van der Waals surface area contributed by atoms with Crippen molar-refractivity contribution in [2.45, 2.75) is 76.2 Å². The summed E-state index contributed by atoms with van der Waals surface area (Å²) < 4.78 is 72.0. The summed E-state index contributed by atoms with van der Waals surface area (Å²) in [6.45, 7) is 16.3. The first-order chi connectivity index (χ1) is 34.5. The van der Waals surface area contributed by atoms with Crippen molar-refractivity contribution in [1.82, 2.24) is 4.73 Å². The Morgan fingerprint density at radius 2 is 1.44 bits per heavy atom. The normalized spacial score (nSPS) is 16.4. The van der Waals surface area contributed by atoms with Gasteiger partial charge in [0.2, 0.25) is 17.4 Å². The second-order valence-corrected chi connectivity index (χ2v) is 20.3. The second kappa shape index (κ2) is 24.1. The minimum atomic E-state index is -4.47. The number of carbonyl (C=O) groups is 1. The fourth-order valence-electron chi connectivity index (χ4n) is 9.29. The molecule has 0 aliphatic carbocycles. The molecule has 3 N–H and O–H groups in total. The van der Waals surface area contributed by atoms with Gasteiger partial charge in [-0.2, -0.15) is 13.0 Å². The smallest absolute Gasteiger partial charge is 0.333 e. The molecule has 0 fully saturated rings. The van der Waals surface area contributed by atoms with Gasteiger partial charge in [-0.1, -0.05) is 48.6 Å². The van der Waals surface area contributed by atoms with Crippen molar-refractivity contribution >= 4 is 50.1 Å². The molecular formula is C55H68N3O13S+. The van der Waals surface area contributed by atoms with Crippen LogP contribution in [0.15, 0.2) is 108 Å². The maximum atomic E-state index is 12.5. The van der Waals surface area contributed by atoms with Gasteiger partial charge in [0.15, 0.2) is 5.71 Å². The molecule has 0 saturated carbocycles. The van der Waals surface area contributed by atoms with Crippen LogP contribution in [0.4, 0.5) is 11.4 Å². The summed E-state index contributed by atoms with van der Waals surface area (Å²) in [6, 6.07) is 21.4. The van der Waals surface area contributed by atoms with Crippen LogP contribution in [-0.4, -0.2) is 129 Å². The lowest BCUT2D eigenvalue weighted by Crippen LogP contribution is -2.46. The van der Waals surface area contributed by atoms with E-state index in [2.05, 4.69) is 60.6 Å². The number of hydrogen-bond donors (Lipinski definition) is 3. The van der Waals surface area contributed by atoms with Crippen LogP contribution in [0.25, 0.3) is 16.9 Å². The number of aromatic hydroxyl groups is 2. The third-order valence-corrected chi connectivity index (χ3v) is 13.8. The molecule has 3 aliphatic heterocycles. The van der Waals surface area contributed by atoms with E-state index in [4.69, 9.17) is 33.3 Å². The van der Waals surface area contributed by atoms with Crippen LogP contribution in [0.5, 0.6) is 17.5 Å². The molecule has 16 nitrogen and oxygen atoms in total. The lowest BCUT2D eigenvalue weighted by Gasteiger charge is -2.44. The lowest BCUT2D eigenvalue weighted by molar-refractivity contribution is -0.438. The van der Waals surface area contributed by atoms with E-state index in [0.717, 1.165) is 56.2 Å². The molecule has 3 aromatic carbocycles. The Morgan fingerprint density at radius 1 is 0.792 bits per heavy atom. The van der Waals surface area contributed by atoms with Crippen LogP contribution >= 0.6 is 0 Å². The van der Waals surface area contributed by atoms with Crippen LogP contribution in [0.3, 0.4) is 0 Å². The molecule has 0 saturated heterocycles. The van der Waals surface area contributed by atoms with Gasteiger partial charge < -0.3 is 48.4 Å². The van der Waals surface area contributed by atoms with Crippen molar-refractivity contribution in [2.24, 2.45) is 0 Å². The monoisotopic (exact) mass is 1010 g/mol. The summed E-state index contributed by atoms with van der Waals surface area (Å²) in [5, 5.41) is 19.7. The molecule has 0 atom stereocenters. The Balaban J connectivity index is 1.10. The van der Waals surface area contributed by atoms with Crippen LogP contribution in [-0.2, 0) is 44.0 Å². The Hall–Kier alpha value is -6.05. The molecule has 72 heavy (non-hydrogen) atoms. The Bertz CT molecular complexity index is 2810. The van der Waals surface area contributed by atoms with E-state index in [0.29, 0.717) is 102 Å². The third-order valence-electron chi connectivity index (χ3n) is 12.9. The van der Waals surface area contributed by atoms with Gasteiger partial charge in [0.1, 0.15) is 18.1 Å². The van der Waals surface area contributed by atoms with Crippen LogP contribution in [0.2, 0.25) is 0 Å². The zero-order valence-corrected chi connectivity index (χ0v) is 42.9. The van der Waals surface area contributed by atoms with Gasteiger partial charge in [-0.05, 0) is 82.9 Å². The maximum Gasteiger partial charge on any atom is 0.333 e. The molecule has 0 spiro atoms. The number of unbranched alkanes of at least 4 members (excludes halogenated alkanes) is 2. The van der Waals surface area contributed by atoms with Crippen molar-refractivity contribution in [1.29, 1.82) is 0 Å². The van der Waals surface area contributed by atoms with E-state index in [1.165, 1.54) is 24.3 Å². The number of methoxy groups -OCH3 is 1. The zero-order valence-electron chi connectivity index (χ0n) is 42.1. The van der Waals surface area contributed by atoms with Gasteiger partial charge in [-0.15, -0.1) is 4.73 Å². The topological polar surface area (TPSA) is 188 Å². The van der Waals surface area contributed by atoms with Crippen molar-refractivity contribution in [3.05, 3.63) is 125 Å². The molecule has 0 bridgehead atoms. The Morgan fingerprint density at radius 3 is 2.10 bits per heavy atom. The van der Waals surface area contributed by atoms with Gasteiger partial charge in [0, 0.05) is 84.8 Å². The minimum Gasteiger partial charge on any atom is -0.492 e. The number of rotatable bonds is 26. The van der Waals surface area contributed by atoms with E-state index in [9.17, 15) is 28.0 Å². The predicted octanol–water partition coefficient (Wildman–Crippen LogP) is 8.53. The summed E-state index contributed by atoms with van der Waals surface area (Å²) in [5.74, 6) is 0.0436. The summed E-state index contributed by atoms with van der Waals surface area (Å²) in [5.41, 5.74) is 7.57. The highest BCUT2D eigenvalue weighted by Gasteiger charge is 2.45. The summed E-state index contributed by atoms with van der Waals surface area (Å²) in [7, 11) is -2.83.